The van der Waals surface area contributed by atoms with Crippen molar-refractivity contribution < 1.29 is 29.9 Å². The minimum Gasteiger partial charge on any atom is -0.759 e. The smallest absolute Gasteiger partial charge is 0.759 e. The second kappa shape index (κ2) is 11.6. The summed E-state index contributed by atoms with van der Waals surface area (Å²) in [4.78, 5) is 11.7. The lowest BCUT2D eigenvalue weighted by Crippen LogP contribution is -2.29. The molecule has 0 saturated heterocycles. The van der Waals surface area contributed by atoms with Gasteiger partial charge in [0, 0.05) is 16.4 Å². The van der Waals surface area contributed by atoms with E-state index in [0.29, 0.717) is 13.0 Å². The molecule has 0 spiro atoms. The van der Waals surface area contributed by atoms with Crippen molar-refractivity contribution >= 4 is 16.4 Å². The molecule has 0 unspecified atom stereocenters. The first-order valence-corrected chi connectivity index (χ1v) is 10.2. The van der Waals surface area contributed by atoms with Gasteiger partial charge in [-0.05, 0) is 36.5 Å². The maximum atomic E-state index is 11.7. The summed E-state index contributed by atoms with van der Waals surface area (Å²) < 4.78 is 39.1. The van der Waals surface area contributed by atoms with Gasteiger partial charge in [-0.25, -0.2) is 0 Å². The number of hydrogen-bond donors (Lipinski definition) is 1. The third-order valence-corrected chi connectivity index (χ3v) is 3.90. The summed E-state index contributed by atoms with van der Waals surface area (Å²) in [5.41, 5.74) is 9.77. The normalized spacial score (nSPS) is 13.0. The quantitative estimate of drug-likeness (QED) is 0.422. The van der Waals surface area contributed by atoms with E-state index < -0.39 is 10.4 Å². The molecule has 0 aromatic heterocycles. The van der Waals surface area contributed by atoms with Gasteiger partial charge in [0.05, 0.1) is 12.5 Å². The van der Waals surface area contributed by atoms with Crippen molar-refractivity contribution in [2.75, 3.05) is 6.61 Å². The number of nitrogens with two attached hydrogens (primary N) is 1. The number of rotatable bonds is 7. The Labute approximate surface area is 169 Å². The molecular weight excluding hydrogens is 382 g/mol. The summed E-state index contributed by atoms with van der Waals surface area (Å²) in [6.45, 7) is 4.11. The molecule has 0 aliphatic carbocycles. The van der Waals surface area contributed by atoms with Crippen LogP contribution in [0.25, 0.3) is 11.1 Å². The third kappa shape index (κ3) is 10.2. The Morgan fingerprint density at radius 1 is 1.07 bits per heavy atom. The summed E-state index contributed by atoms with van der Waals surface area (Å²) in [5, 5.41) is 0. The van der Waals surface area contributed by atoms with Crippen LogP contribution in [0.15, 0.2) is 54.6 Å². The SMILES string of the molecule is CCOC(=O)[C@H](C)C[C@H](N)Cc1ccc(-c2ccccc2)cc1.O=S(=O)([O-])[O-].[H+].[H+]. The monoisotopic (exact) mass is 409 g/mol. The summed E-state index contributed by atoms with van der Waals surface area (Å²) in [6.07, 6.45) is 1.40. The molecular formula is C20H27NO6S. The molecule has 0 aliphatic rings. The van der Waals surface area contributed by atoms with Gasteiger partial charge in [0.15, 0.2) is 0 Å². The van der Waals surface area contributed by atoms with E-state index >= 15 is 0 Å². The number of hydrogen-bond acceptors (Lipinski definition) is 7. The Morgan fingerprint density at radius 2 is 1.57 bits per heavy atom. The van der Waals surface area contributed by atoms with Gasteiger partial charge < -0.3 is 19.6 Å². The topological polar surface area (TPSA) is 133 Å². The molecule has 7 nitrogen and oxygen atoms in total. The zero-order chi connectivity index (χ0) is 21.2. The molecule has 154 valence electrons. The molecule has 0 saturated carbocycles. The van der Waals surface area contributed by atoms with E-state index in [9.17, 15) is 4.79 Å². The second-order valence-electron chi connectivity index (χ2n) is 6.32. The number of esters is 1. The van der Waals surface area contributed by atoms with Gasteiger partial charge >= 0.3 is 8.82 Å². The lowest BCUT2D eigenvalue weighted by molar-refractivity contribution is -0.147. The van der Waals surface area contributed by atoms with Crippen LogP contribution in [-0.4, -0.2) is 36.1 Å². The molecule has 28 heavy (non-hydrogen) atoms. The van der Waals surface area contributed by atoms with E-state index in [-0.39, 0.29) is 20.8 Å². The predicted octanol–water partition coefficient (Wildman–Crippen LogP) is 2.70. The fourth-order valence-electron chi connectivity index (χ4n) is 2.68. The van der Waals surface area contributed by atoms with E-state index in [2.05, 4.69) is 36.4 Å². The van der Waals surface area contributed by atoms with Gasteiger partial charge in [-0.15, -0.1) is 0 Å². The number of carbonyl (C=O) groups excluding carboxylic acids is 1. The lowest BCUT2D eigenvalue weighted by atomic mass is 9.95. The molecule has 2 N–H and O–H groups in total. The maximum absolute atomic E-state index is 11.7. The molecule has 2 aromatic carbocycles. The highest BCUT2D eigenvalue weighted by Gasteiger charge is 2.17. The zero-order valence-corrected chi connectivity index (χ0v) is 16.7. The average molecular weight is 410 g/mol. The first-order chi connectivity index (χ1) is 13.1. The average Bonchev–Trinajstić information content (AvgIpc) is 2.62. The summed E-state index contributed by atoms with van der Waals surface area (Å²) in [7, 11) is -5.17. The fourth-order valence-corrected chi connectivity index (χ4v) is 2.68. The van der Waals surface area contributed by atoms with Gasteiger partial charge in [-0.1, -0.05) is 61.5 Å². The van der Waals surface area contributed by atoms with Gasteiger partial charge in [0.2, 0.25) is 0 Å². The van der Waals surface area contributed by atoms with Gasteiger partial charge in [-0.2, -0.15) is 0 Å². The van der Waals surface area contributed by atoms with Crippen molar-refractivity contribution in [2.45, 2.75) is 32.7 Å². The van der Waals surface area contributed by atoms with E-state index in [0.717, 1.165) is 6.42 Å². The highest BCUT2D eigenvalue weighted by atomic mass is 32.3. The zero-order valence-electron chi connectivity index (χ0n) is 17.9. The second-order valence-corrected chi connectivity index (χ2v) is 7.14. The van der Waals surface area contributed by atoms with Crippen LogP contribution in [0, 0.1) is 5.92 Å². The third-order valence-electron chi connectivity index (χ3n) is 3.90. The summed E-state index contributed by atoms with van der Waals surface area (Å²) in [6, 6.07) is 18.7. The Bertz CT molecular complexity index is 824. The predicted molar refractivity (Wildman–Crippen MR) is 107 cm³/mol. The van der Waals surface area contributed by atoms with E-state index in [1.54, 1.807) is 0 Å². The molecule has 0 aliphatic heterocycles. The molecule has 0 fully saturated rings. The Balaban J connectivity index is 0. The van der Waals surface area contributed by atoms with Crippen molar-refractivity contribution in [3.05, 3.63) is 60.2 Å². The fraction of sp³-hybridized carbons (Fsp3) is 0.350. The minimum atomic E-state index is -5.17. The molecule has 8 heteroatoms. The molecule has 0 bridgehead atoms. The number of benzene rings is 2. The van der Waals surface area contributed by atoms with E-state index in [4.69, 9.17) is 28.0 Å². The van der Waals surface area contributed by atoms with Crippen molar-refractivity contribution in [1.82, 2.24) is 0 Å². The van der Waals surface area contributed by atoms with E-state index in [1.165, 1.54) is 16.7 Å². The van der Waals surface area contributed by atoms with Crippen LogP contribution in [0.5, 0.6) is 0 Å². The standard InChI is InChI=1S/C20H25NO2.H2O4S/c1-3-23-20(22)15(2)13-19(21)14-16-9-11-18(12-10-16)17-7-5-4-6-8-17;1-5(2,3)4/h4-12,15,19H,3,13-14,21H2,1-2H3;(H2,1,2,3,4)/t15-,19+;/m1./s1. The summed E-state index contributed by atoms with van der Waals surface area (Å²) >= 11 is 0. The van der Waals surface area contributed by atoms with Crippen LogP contribution in [0.4, 0.5) is 0 Å². The van der Waals surface area contributed by atoms with Crippen LogP contribution in [0.2, 0.25) is 0 Å². The largest absolute Gasteiger partial charge is 1.00 e. The van der Waals surface area contributed by atoms with Crippen LogP contribution in [0.1, 0.15) is 28.7 Å². The van der Waals surface area contributed by atoms with E-state index in [1.807, 2.05) is 32.0 Å². The summed E-state index contributed by atoms with van der Waals surface area (Å²) in [5.74, 6) is -0.323. The van der Waals surface area contributed by atoms with Gasteiger partial charge in [0.25, 0.3) is 0 Å². The Kier molecular flexibility index (Phi) is 9.81. The molecule has 2 rings (SSSR count). The van der Waals surface area contributed by atoms with Crippen LogP contribution >= 0.6 is 0 Å². The number of carbonyl (C=O) groups is 1. The maximum Gasteiger partial charge on any atom is 1.00 e. The van der Waals surface area contributed by atoms with Crippen LogP contribution in [-0.2, 0) is 26.4 Å². The minimum absolute atomic E-state index is 0. The molecule has 0 amide bonds. The Hall–Kier alpha value is -2.26. The van der Waals surface area contributed by atoms with Crippen LogP contribution in [0.3, 0.4) is 0 Å². The molecule has 0 heterocycles. The van der Waals surface area contributed by atoms with Crippen LogP contribution < -0.4 is 5.73 Å². The first-order valence-electron chi connectivity index (χ1n) is 8.83. The highest BCUT2D eigenvalue weighted by molar-refractivity contribution is 7.79. The Morgan fingerprint density at radius 3 is 2.07 bits per heavy atom. The van der Waals surface area contributed by atoms with Gasteiger partial charge in [-0.3, -0.25) is 13.2 Å². The highest BCUT2D eigenvalue weighted by Crippen LogP contribution is 2.20. The lowest BCUT2D eigenvalue weighted by Gasteiger charge is -2.16. The van der Waals surface area contributed by atoms with Crippen molar-refractivity contribution in [2.24, 2.45) is 11.7 Å². The van der Waals surface area contributed by atoms with Gasteiger partial charge in [0.1, 0.15) is 0 Å². The van der Waals surface area contributed by atoms with Crippen molar-refractivity contribution in [1.29, 1.82) is 0 Å². The van der Waals surface area contributed by atoms with Crippen molar-refractivity contribution in [3.63, 3.8) is 0 Å². The molecule has 2 atom stereocenters. The number of ether oxygens (including phenoxy) is 1. The van der Waals surface area contributed by atoms with Crippen molar-refractivity contribution in [3.8, 4) is 11.1 Å². The molecule has 0 radical (unpaired) electrons. The molecule has 2 aromatic rings. The first kappa shape index (κ1) is 23.8.